The van der Waals surface area contributed by atoms with Gasteiger partial charge in [-0.3, -0.25) is 5.01 Å². The Morgan fingerprint density at radius 1 is 0.935 bits per heavy atom. The molecule has 2 atom stereocenters. The maximum absolute atomic E-state index is 5.44. The van der Waals surface area contributed by atoms with E-state index in [0.717, 1.165) is 26.0 Å². The van der Waals surface area contributed by atoms with E-state index in [1.165, 1.54) is 16.7 Å². The van der Waals surface area contributed by atoms with Crippen molar-refractivity contribution in [2.75, 3.05) is 20.3 Å². The Morgan fingerprint density at radius 2 is 1.48 bits per heavy atom. The summed E-state index contributed by atoms with van der Waals surface area (Å²) in [7, 11) is 1.77. The van der Waals surface area contributed by atoms with Gasteiger partial charge in [0.1, 0.15) is 0 Å². The van der Waals surface area contributed by atoms with Crippen LogP contribution in [0.4, 0.5) is 0 Å². The van der Waals surface area contributed by atoms with Gasteiger partial charge in [-0.25, -0.2) is 0 Å². The first-order valence-corrected chi connectivity index (χ1v) is 11.2. The summed E-state index contributed by atoms with van der Waals surface area (Å²) in [6, 6.07) is 32.7. The van der Waals surface area contributed by atoms with Gasteiger partial charge < -0.3 is 4.74 Å². The van der Waals surface area contributed by atoms with Crippen LogP contribution < -0.4 is 0 Å². The summed E-state index contributed by atoms with van der Waals surface area (Å²) < 4.78 is 5.44. The van der Waals surface area contributed by atoms with Gasteiger partial charge in [0.15, 0.2) is 0 Å². The lowest BCUT2D eigenvalue weighted by atomic mass is 9.67. The number of ether oxygens (including phenoxy) is 1. The van der Waals surface area contributed by atoms with E-state index in [2.05, 4.69) is 109 Å². The molecule has 3 heteroatoms. The fraction of sp³-hybridized carbons (Fsp3) is 0.321. The molecular formula is C28H32N2O. The molecule has 0 bridgehead atoms. The number of hydrogen-bond acceptors (Lipinski definition) is 3. The fourth-order valence-electron chi connectivity index (χ4n) is 4.82. The third-order valence-corrected chi connectivity index (χ3v) is 6.44. The molecule has 31 heavy (non-hydrogen) atoms. The molecular weight excluding hydrogens is 380 g/mol. The molecule has 1 fully saturated rings. The molecule has 0 aliphatic carbocycles. The smallest absolute Gasteiger partial charge is 0.0704 e. The largest absolute Gasteiger partial charge is 0.382 e. The van der Waals surface area contributed by atoms with Crippen molar-refractivity contribution in [3.63, 3.8) is 0 Å². The molecule has 1 aliphatic heterocycles. The minimum absolute atomic E-state index is 0.143. The highest BCUT2D eigenvalue weighted by atomic mass is 16.5. The molecule has 3 aromatic carbocycles. The number of hydrazone groups is 1. The molecule has 0 amide bonds. The number of methoxy groups -OCH3 is 1. The molecule has 4 rings (SSSR count). The monoisotopic (exact) mass is 412 g/mol. The molecule has 0 radical (unpaired) electrons. The molecule has 1 heterocycles. The number of rotatable bonds is 8. The Bertz CT molecular complexity index is 919. The first kappa shape index (κ1) is 21.3. The second kappa shape index (κ2) is 9.93. The maximum atomic E-state index is 5.44. The quantitative estimate of drug-likeness (QED) is 0.432. The normalized spacial score (nSPS) is 18.5. The molecule has 0 spiro atoms. The Balaban J connectivity index is 1.82. The zero-order valence-corrected chi connectivity index (χ0v) is 18.5. The van der Waals surface area contributed by atoms with Crippen molar-refractivity contribution in [2.45, 2.75) is 37.1 Å². The van der Waals surface area contributed by atoms with Gasteiger partial charge in [0.2, 0.25) is 0 Å². The van der Waals surface area contributed by atoms with Crippen LogP contribution >= 0.6 is 0 Å². The van der Waals surface area contributed by atoms with Crippen LogP contribution in [0.1, 0.15) is 42.4 Å². The first-order valence-electron chi connectivity index (χ1n) is 11.2. The Kier molecular flexibility index (Phi) is 6.83. The zero-order chi connectivity index (χ0) is 21.5. The Labute approximate surface area is 186 Å². The van der Waals surface area contributed by atoms with Crippen LogP contribution in [0.15, 0.2) is 96.1 Å². The van der Waals surface area contributed by atoms with E-state index in [1.54, 1.807) is 7.11 Å². The van der Waals surface area contributed by atoms with E-state index in [-0.39, 0.29) is 11.3 Å². The molecule has 160 valence electrons. The van der Waals surface area contributed by atoms with Crippen molar-refractivity contribution < 1.29 is 4.74 Å². The van der Waals surface area contributed by atoms with Crippen molar-refractivity contribution in [1.82, 2.24) is 5.01 Å². The zero-order valence-electron chi connectivity index (χ0n) is 18.5. The average molecular weight is 413 g/mol. The number of benzene rings is 3. The molecule has 3 nitrogen and oxygen atoms in total. The van der Waals surface area contributed by atoms with Crippen molar-refractivity contribution >= 4 is 6.21 Å². The summed E-state index contributed by atoms with van der Waals surface area (Å²) in [5, 5.41) is 7.29. The van der Waals surface area contributed by atoms with Gasteiger partial charge in [0.05, 0.1) is 12.6 Å². The summed E-state index contributed by atoms with van der Waals surface area (Å²) in [6.45, 7) is 4.02. The third kappa shape index (κ3) is 4.72. The lowest BCUT2D eigenvalue weighted by Crippen LogP contribution is -2.36. The van der Waals surface area contributed by atoms with Crippen LogP contribution in [0.2, 0.25) is 0 Å². The van der Waals surface area contributed by atoms with Crippen LogP contribution in [-0.2, 0) is 10.2 Å². The van der Waals surface area contributed by atoms with Crippen molar-refractivity contribution in [2.24, 2.45) is 5.10 Å². The van der Waals surface area contributed by atoms with E-state index in [0.29, 0.717) is 6.04 Å². The highest BCUT2D eigenvalue weighted by Gasteiger charge is 2.37. The Hall–Kier alpha value is -2.91. The number of nitrogens with zero attached hydrogens (tertiary/aromatic N) is 2. The molecule has 1 aliphatic rings. The van der Waals surface area contributed by atoms with Gasteiger partial charge in [-0.2, -0.15) is 5.10 Å². The molecule has 3 aromatic rings. The standard InChI is InChI=1S/C28H32N2O/c1-28(25-17-10-5-11-18-25,22-29-30-20-12-19-26(30)21-31-2)27(23-13-6-3-7-14-23)24-15-8-4-9-16-24/h3-11,13-18,22,26-27H,12,19-21H2,1-2H3/b29-22+/t26-,28+/m0/s1. The molecule has 0 aromatic heterocycles. The summed E-state index contributed by atoms with van der Waals surface area (Å²) in [4.78, 5) is 0. The average Bonchev–Trinajstić information content (AvgIpc) is 3.27. The van der Waals surface area contributed by atoms with E-state index in [9.17, 15) is 0 Å². The summed E-state index contributed by atoms with van der Waals surface area (Å²) >= 11 is 0. The van der Waals surface area contributed by atoms with E-state index < -0.39 is 0 Å². The van der Waals surface area contributed by atoms with E-state index >= 15 is 0 Å². The lowest BCUT2D eigenvalue weighted by molar-refractivity contribution is 0.118. The van der Waals surface area contributed by atoms with Gasteiger partial charge in [-0.15, -0.1) is 0 Å². The summed E-state index contributed by atoms with van der Waals surface area (Å²) in [6.07, 6.45) is 4.48. The maximum Gasteiger partial charge on any atom is 0.0704 e. The van der Waals surface area contributed by atoms with Crippen molar-refractivity contribution in [3.05, 3.63) is 108 Å². The van der Waals surface area contributed by atoms with Crippen LogP contribution in [0.3, 0.4) is 0 Å². The summed E-state index contributed by atoms with van der Waals surface area (Å²) in [5.41, 5.74) is 3.53. The van der Waals surface area contributed by atoms with E-state index in [4.69, 9.17) is 9.84 Å². The third-order valence-electron chi connectivity index (χ3n) is 6.44. The van der Waals surface area contributed by atoms with Crippen LogP contribution in [-0.4, -0.2) is 37.5 Å². The van der Waals surface area contributed by atoms with Gasteiger partial charge in [0, 0.05) is 31.2 Å². The van der Waals surface area contributed by atoms with Crippen LogP contribution in [0, 0.1) is 0 Å². The second-order valence-electron chi connectivity index (χ2n) is 8.56. The molecule has 1 saturated heterocycles. The Morgan fingerprint density at radius 3 is 2.03 bits per heavy atom. The van der Waals surface area contributed by atoms with Crippen LogP contribution in [0.25, 0.3) is 0 Å². The number of hydrogen-bond donors (Lipinski definition) is 0. The minimum Gasteiger partial charge on any atom is -0.382 e. The van der Waals surface area contributed by atoms with Gasteiger partial charge in [0.25, 0.3) is 0 Å². The van der Waals surface area contributed by atoms with Gasteiger partial charge >= 0.3 is 0 Å². The molecule has 0 saturated carbocycles. The lowest BCUT2D eigenvalue weighted by Gasteiger charge is -2.37. The SMILES string of the molecule is COC[C@@H]1CCCN1/N=C/[C@](C)(c1ccccc1)C(c1ccccc1)c1ccccc1. The van der Waals surface area contributed by atoms with Crippen LogP contribution in [0.5, 0.6) is 0 Å². The van der Waals surface area contributed by atoms with Crippen molar-refractivity contribution in [3.8, 4) is 0 Å². The second-order valence-corrected chi connectivity index (χ2v) is 8.56. The van der Waals surface area contributed by atoms with Gasteiger partial charge in [-0.1, -0.05) is 91.0 Å². The minimum atomic E-state index is -0.315. The van der Waals surface area contributed by atoms with Gasteiger partial charge in [-0.05, 0) is 36.5 Å². The highest BCUT2D eigenvalue weighted by molar-refractivity contribution is 5.76. The van der Waals surface area contributed by atoms with E-state index in [1.807, 2.05) is 0 Å². The topological polar surface area (TPSA) is 24.8 Å². The molecule has 0 N–H and O–H groups in total. The summed E-state index contributed by atoms with van der Waals surface area (Å²) in [5.74, 6) is 0.143. The predicted octanol–water partition coefficient (Wildman–Crippen LogP) is 5.87. The fourth-order valence-corrected chi connectivity index (χ4v) is 4.82. The predicted molar refractivity (Wildman–Crippen MR) is 129 cm³/mol. The first-order chi connectivity index (χ1) is 15.2. The van der Waals surface area contributed by atoms with Crippen molar-refractivity contribution in [1.29, 1.82) is 0 Å². The highest BCUT2D eigenvalue weighted by Crippen LogP contribution is 2.42. The molecule has 0 unspecified atom stereocenters.